The predicted octanol–water partition coefficient (Wildman–Crippen LogP) is 2.75. The van der Waals surface area contributed by atoms with Crippen LogP contribution in [0.1, 0.15) is 22.5 Å². The summed E-state index contributed by atoms with van der Waals surface area (Å²) in [6, 6.07) is 13.9. The lowest BCUT2D eigenvalue weighted by molar-refractivity contribution is -0.145. The third kappa shape index (κ3) is 4.12. The SMILES string of the molecule is COC(=O)C1Cc2ncn(Cc3ccc(Cl)cc3)c2CN1S(=O)(=O)c1ccc(C#N)cc1. The number of halogens is 1. The number of methoxy groups -OCH3 is 1. The lowest BCUT2D eigenvalue weighted by Crippen LogP contribution is -2.49. The molecule has 1 aliphatic heterocycles. The average molecular weight is 471 g/mol. The number of carbonyl (C=O) groups is 1. The van der Waals surface area contributed by atoms with Gasteiger partial charge in [-0.15, -0.1) is 0 Å². The standard InChI is InChI=1S/C22H19ClN4O4S/c1-31-22(28)20-10-19-21(26(14-25-19)12-16-2-6-17(23)7-3-16)13-27(20)32(29,30)18-8-4-15(11-24)5-9-18/h2-9,14,20H,10,12-13H2,1H3. The predicted molar refractivity (Wildman–Crippen MR) is 116 cm³/mol. The highest BCUT2D eigenvalue weighted by molar-refractivity contribution is 7.89. The van der Waals surface area contributed by atoms with E-state index >= 15 is 0 Å². The minimum atomic E-state index is -4.04. The first-order chi connectivity index (χ1) is 15.3. The van der Waals surface area contributed by atoms with Gasteiger partial charge in [-0.2, -0.15) is 9.57 Å². The highest BCUT2D eigenvalue weighted by Gasteiger charge is 2.42. The molecule has 0 aliphatic carbocycles. The van der Waals surface area contributed by atoms with Gasteiger partial charge in [0.05, 0.1) is 47.9 Å². The van der Waals surface area contributed by atoms with E-state index in [1.165, 1.54) is 31.4 Å². The molecule has 0 saturated heterocycles. The second-order valence-electron chi connectivity index (χ2n) is 7.32. The highest BCUT2D eigenvalue weighted by Crippen LogP contribution is 2.30. The number of hydrogen-bond acceptors (Lipinski definition) is 6. The summed E-state index contributed by atoms with van der Waals surface area (Å²) in [7, 11) is -2.82. The zero-order valence-corrected chi connectivity index (χ0v) is 18.7. The largest absolute Gasteiger partial charge is 0.468 e. The van der Waals surface area contributed by atoms with Crippen molar-refractivity contribution in [2.45, 2.75) is 30.4 Å². The Balaban J connectivity index is 1.71. The number of ether oxygens (including phenoxy) is 1. The van der Waals surface area contributed by atoms with E-state index in [1.807, 2.05) is 22.8 Å². The van der Waals surface area contributed by atoms with Crippen molar-refractivity contribution in [1.82, 2.24) is 13.9 Å². The zero-order valence-electron chi connectivity index (χ0n) is 17.1. The fraction of sp³-hybridized carbons (Fsp3) is 0.227. The van der Waals surface area contributed by atoms with E-state index in [2.05, 4.69) is 4.98 Å². The van der Waals surface area contributed by atoms with Gasteiger partial charge >= 0.3 is 5.97 Å². The number of sulfonamides is 1. The molecule has 0 N–H and O–H groups in total. The number of hydrogen-bond donors (Lipinski definition) is 0. The lowest BCUT2D eigenvalue weighted by Gasteiger charge is -2.33. The van der Waals surface area contributed by atoms with Crippen LogP contribution in [-0.4, -0.2) is 41.4 Å². The van der Waals surface area contributed by atoms with Crippen LogP contribution in [0.15, 0.2) is 59.8 Å². The van der Waals surface area contributed by atoms with Gasteiger partial charge in [-0.3, -0.25) is 4.79 Å². The van der Waals surface area contributed by atoms with Crippen LogP contribution >= 0.6 is 11.6 Å². The monoisotopic (exact) mass is 470 g/mol. The summed E-state index contributed by atoms with van der Waals surface area (Å²) < 4.78 is 34.8. The molecule has 32 heavy (non-hydrogen) atoms. The Bertz CT molecular complexity index is 1300. The molecule has 2 heterocycles. The molecule has 0 radical (unpaired) electrons. The van der Waals surface area contributed by atoms with Gasteiger partial charge in [-0.05, 0) is 42.0 Å². The first kappa shape index (κ1) is 22.0. The number of benzene rings is 2. The van der Waals surface area contributed by atoms with Crippen molar-refractivity contribution in [2.24, 2.45) is 0 Å². The van der Waals surface area contributed by atoms with Gasteiger partial charge in [0.15, 0.2) is 0 Å². The number of rotatable bonds is 5. The molecule has 164 valence electrons. The smallest absolute Gasteiger partial charge is 0.324 e. The first-order valence-electron chi connectivity index (χ1n) is 9.70. The Labute approximate surface area is 190 Å². The molecule has 4 rings (SSSR count). The molecule has 2 aromatic carbocycles. The summed E-state index contributed by atoms with van der Waals surface area (Å²) in [5.74, 6) is -0.653. The summed E-state index contributed by atoms with van der Waals surface area (Å²) in [4.78, 5) is 16.9. The van der Waals surface area contributed by atoms with E-state index in [9.17, 15) is 13.2 Å². The van der Waals surface area contributed by atoms with Crippen molar-refractivity contribution in [3.63, 3.8) is 0 Å². The van der Waals surface area contributed by atoms with Crippen molar-refractivity contribution in [1.29, 1.82) is 5.26 Å². The fourth-order valence-electron chi connectivity index (χ4n) is 3.69. The summed E-state index contributed by atoms with van der Waals surface area (Å²) in [6.07, 6.45) is 1.75. The van der Waals surface area contributed by atoms with Gasteiger partial charge in [0, 0.05) is 18.0 Å². The minimum absolute atomic E-state index is 0.00220. The van der Waals surface area contributed by atoms with Crippen molar-refractivity contribution >= 4 is 27.6 Å². The molecule has 0 fully saturated rings. The molecule has 1 atom stereocenters. The Morgan fingerprint density at radius 1 is 1.22 bits per heavy atom. The molecule has 1 unspecified atom stereocenters. The topological polar surface area (TPSA) is 105 Å². The maximum atomic E-state index is 13.4. The van der Waals surface area contributed by atoms with Crippen molar-refractivity contribution < 1.29 is 17.9 Å². The quantitative estimate of drug-likeness (QED) is 0.531. The molecule has 1 aromatic heterocycles. The maximum absolute atomic E-state index is 13.4. The molecule has 0 amide bonds. The third-order valence-electron chi connectivity index (χ3n) is 5.40. The molecular formula is C22H19ClN4O4S. The first-order valence-corrected chi connectivity index (χ1v) is 11.5. The number of aromatic nitrogens is 2. The summed E-state index contributed by atoms with van der Waals surface area (Å²) >= 11 is 5.96. The van der Waals surface area contributed by atoms with Gasteiger partial charge in [-0.25, -0.2) is 13.4 Å². The summed E-state index contributed by atoms with van der Waals surface area (Å²) in [5.41, 5.74) is 2.68. The van der Waals surface area contributed by atoms with E-state index in [4.69, 9.17) is 21.6 Å². The van der Waals surface area contributed by atoms with Crippen LogP contribution in [0.4, 0.5) is 0 Å². The van der Waals surface area contributed by atoms with E-state index in [0.717, 1.165) is 9.87 Å². The second-order valence-corrected chi connectivity index (χ2v) is 9.65. The van der Waals surface area contributed by atoms with Crippen molar-refractivity contribution in [2.75, 3.05) is 7.11 Å². The number of imidazole rings is 1. The Morgan fingerprint density at radius 3 is 2.53 bits per heavy atom. The molecule has 8 nitrogen and oxygen atoms in total. The molecule has 3 aromatic rings. The van der Waals surface area contributed by atoms with Crippen LogP contribution < -0.4 is 0 Å². The number of nitriles is 1. The molecular weight excluding hydrogens is 452 g/mol. The van der Waals surface area contributed by atoms with Gasteiger partial charge < -0.3 is 9.30 Å². The normalized spacial score (nSPS) is 16.2. The zero-order chi connectivity index (χ0) is 22.9. The molecule has 1 aliphatic rings. The van der Waals surface area contributed by atoms with E-state index in [-0.39, 0.29) is 17.9 Å². The number of fused-ring (bicyclic) bond motifs is 1. The van der Waals surface area contributed by atoms with Crippen LogP contribution in [0.2, 0.25) is 5.02 Å². The number of carbonyl (C=O) groups excluding carboxylic acids is 1. The van der Waals surface area contributed by atoms with E-state index < -0.39 is 22.0 Å². The number of nitrogens with zero attached hydrogens (tertiary/aromatic N) is 4. The molecule has 10 heteroatoms. The van der Waals surface area contributed by atoms with Gasteiger partial charge in [0.25, 0.3) is 0 Å². The minimum Gasteiger partial charge on any atom is -0.468 e. The Kier molecular flexibility index (Phi) is 6.02. The van der Waals surface area contributed by atoms with Gasteiger partial charge in [0.2, 0.25) is 10.0 Å². The Hall–Kier alpha value is -3.19. The van der Waals surface area contributed by atoms with Gasteiger partial charge in [0.1, 0.15) is 6.04 Å². The summed E-state index contributed by atoms with van der Waals surface area (Å²) in [5, 5.41) is 9.62. The van der Waals surface area contributed by atoms with Crippen LogP contribution in [-0.2, 0) is 39.1 Å². The van der Waals surface area contributed by atoms with E-state index in [0.29, 0.717) is 28.5 Å². The van der Waals surface area contributed by atoms with Crippen LogP contribution in [0.25, 0.3) is 0 Å². The average Bonchev–Trinajstić information content (AvgIpc) is 3.21. The van der Waals surface area contributed by atoms with Crippen LogP contribution in [0, 0.1) is 11.3 Å². The lowest BCUT2D eigenvalue weighted by atomic mass is 10.1. The highest BCUT2D eigenvalue weighted by atomic mass is 35.5. The number of esters is 1. The van der Waals surface area contributed by atoms with Crippen molar-refractivity contribution in [3.05, 3.63) is 82.4 Å². The van der Waals surface area contributed by atoms with Gasteiger partial charge in [-0.1, -0.05) is 23.7 Å². The third-order valence-corrected chi connectivity index (χ3v) is 7.52. The molecule has 0 bridgehead atoms. The summed E-state index contributed by atoms with van der Waals surface area (Å²) in [6.45, 7) is 0.443. The fourth-order valence-corrected chi connectivity index (χ4v) is 5.36. The Morgan fingerprint density at radius 2 is 1.91 bits per heavy atom. The van der Waals surface area contributed by atoms with Crippen LogP contribution in [0.3, 0.4) is 0 Å². The van der Waals surface area contributed by atoms with Crippen LogP contribution in [0.5, 0.6) is 0 Å². The van der Waals surface area contributed by atoms with E-state index in [1.54, 1.807) is 18.5 Å². The second kappa shape index (κ2) is 8.74. The maximum Gasteiger partial charge on any atom is 0.324 e. The van der Waals surface area contributed by atoms with Crippen molar-refractivity contribution in [3.8, 4) is 6.07 Å². The molecule has 0 saturated carbocycles. The molecule has 0 spiro atoms.